The van der Waals surface area contributed by atoms with Gasteiger partial charge in [0, 0.05) is 12.4 Å². The van der Waals surface area contributed by atoms with Gasteiger partial charge in [-0.15, -0.1) is 0 Å². The van der Waals surface area contributed by atoms with Gasteiger partial charge in [0.05, 0.1) is 12.9 Å². The molecule has 0 fully saturated rings. The molecule has 7 heteroatoms. The first kappa shape index (κ1) is 12.3. The van der Waals surface area contributed by atoms with Crippen LogP contribution < -0.4 is 10.5 Å². The fraction of sp³-hybridized carbons (Fsp3) is 0.231. The number of H-pyrrole nitrogens is 1. The second kappa shape index (κ2) is 5.52. The molecule has 0 spiro atoms. The maximum Gasteiger partial charge on any atom is 0.245 e. The molecule has 0 radical (unpaired) electrons. The van der Waals surface area contributed by atoms with Crippen molar-refractivity contribution in [1.82, 2.24) is 24.9 Å². The van der Waals surface area contributed by atoms with Gasteiger partial charge in [0.1, 0.15) is 5.52 Å². The number of aromatic nitrogens is 5. The molecule has 0 saturated heterocycles. The Hall–Kier alpha value is -2.70. The lowest BCUT2D eigenvalue weighted by Crippen LogP contribution is -2.04. The molecule has 102 valence electrons. The maximum atomic E-state index is 5.66. The number of hydrogen-bond acceptors (Lipinski definition) is 6. The Morgan fingerprint density at radius 2 is 2.05 bits per heavy atom. The van der Waals surface area contributed by atoms with E-state index in [1.54, 1.807) is 18.7 Å². The van der Waals surface area contributed by atoms with Crippen LogP contribution in [0, 0.1) is 0 Å². The molecule has 7 nitrogen and oxygen atoms in total. The molecule has 0 saturated carbocycles. The molecule has 0 atom stereocenters. The summed E-state index contributed by atoms with van der Waals surface area (Å²) >= 11 is 0. The van der Waals surface area contributed by atoms with E-state index in [4.69, 9.17) is 10.5 Å². The number of hydrogen-bond donors (Lipinski definition) is 2. The lowest BCUT2D eigenvalue weighted by molar-refractivity contribution is 0.303. The smallest absolute Gasteiger partial charge is 0.245 e. The predicted molar refractivity (Wildman–Crippen MR) is 74.1 cm³/mol. The Balaban J connectivity index is 1.61. The molecule has 0 aliphatic carbocycles. The molecule has 0 aliphatic rings. The first-order chi connectivity index (χ1) is 9.83. The molecule has 20 heavy (non-hydrogen) atoms. The molecule has 3 aromatic heterocycles. The van der Waals surface area contributed by atoms with Crippen LogP contribution >= 0.6 is 0 Å². The normalized spacial score (nSPS) is 10.8. The van der Waals surface area contributed by atoms with Gasteiger partial charge in [0.2, 0.25) is 11.8 Å². The molecule has 3 aromatic rings. The Morgan fingerprint density at radius 1 is 1.20 bits per heavy atom. The summed E-state index contributed by atoms with van der Waals surface area (Å²) in [6, 6.07) is 3.99. The Bertz CT molecular complexity index is 696. The summed E-state index contributed by atoms with van der Waals surface area (Å²) in [7, 11) is 0. The Labute approximate surface area is 115 Å². The fourth-order valence-corrected chi connectivity index (χ4v) is 1.92. The Morgan fingerprint density at radius 3 is 2.90 bits per heavy atom. The number of nitrogens with zero attached hydrogens (tertiary/aromatic N) is 4. The summed E-state index contributed by atoms with van der Waals surface area (Å²) in [6.45, 7) is 0.549. The highest BCUT2D eigenvalue weighted by atomic mass is 16.5. The van der Waals surface area contributed by atoms with Crippen LogP contribution in [-0.4, -0.2) is 31.5 Å². The number of fused-ring (bicyclic) bond motifs is 1. The SMILES string of the molecule is Nc1nc(OCCCc2ccncc2)c2[nH]cnc2n1. The monoisotopic (exact) mass is 270 g/mol. The number of nitrogens with one attached hydrogen (secondary N) is 1. The molecular formula is C13H14N6O. The van der Waals surface area contributed by atoms with E-state index in [2.05, 4.69) is 24.9 Å². The van der Waals surface area contributed by atoms with Crippen LogP contribution in [0.2, 0.25) is 0 Å². The van der Waals surface area contributed by atoms with Gasteiger partial charge in [-0.1, -0.05) is 0 Å². The van der Waals surface area contributed by atoms with Crippen molar-refractivity contribution in [2.75, 3.05) is 12.3 Å². The molecule has 0 amide bonds. The van der Waals surface area contributed by atoms with Gasteiger partial charge in [0.15, 0.2) is 5.65 Å². The summed E-state index contributed by atoms with van der Waals surface area (Å²) < 4.78 is 5.66. The lowest BCUT2D eigenvalue weighted by Gasteiger charge is -2.06. The first-order valence-electron chi connectivity index (χ1n) is 6.31. The largest absolute Gasteiger partial charge is 0.476 e. The minimum Gasteiger partial charge on any atom is -0.476 e. The number of nitrogen functional groups attached to an aromatic ring is 1. The van der Waals surface area contributed by atoms with Crippen LogP contribution in [0.25, 0.3) is 11.2 Å². The molecule has 0 unspecified atom stereocenters. The van der Waals surface area contributed by atoms with E-state index in [1.807, 2.05) is 12.1 Å². The van der Waals surface area contributed by atoms with E-state index >= 15 is 0 Å². The third-order valence-electron chi connectivity index (χ3n) is 2.87. The summed E-state index contributed by atoms with van der Waals surface area (Å²) in [6.07, 6.45) is 6.92. The zero-order valence-corrected chi connectivity index (χ0v) is 10.8. The van der Waals surface area contributed by atoms with Crippen molar-refractivity contribution in [3.8, 4) is 5.88 Å². The van der Waals surface area contributed by atoms with Crippen molar-refractivity contribution in [2.45, 2.75) is 12.8 Å². The summed E-state index contributed by atoms with van der Waals surface area (Å²) in [5.74, 6) is 0.605. The van der Waals surface area contributed by atoms with Crippen LogP contribution in [0.15, 0.2) is 30.9 Å². The topological polar surface area (TPSA) is 103 Å². The number of anilines is 1. The van der Waals surface area contributed by atoms with Gasteiger partial charge in [-0.3, -0.25) is 4.98 Å². The zero-order valence-electron chi connectivity index (χ0n) is 10.8. The summed E-state index contributed by atoms with van der Waals surface area (Å²) in [4.78, 5) is 19.1. The van der Waals surface area contributed by atoms with E-state index in [9.17, 15) is 0 Å². The number of rotatable bonds is 5. The average molecular weight is 270 g/mol. The van der Waals surface area contributed by atoms with Crippen molar-refractivity contribution < 1.29 is 4.74 Å². The third-order valence-corrected chi connectivity index (χ3v) is 2.87. The van der Waals surface area contributed by atoms with Gasteiger partial charge in [-0.05, 0) is 30.5 Å². The van der Waals surface area contributed by atoms with Gasteiger partial charge in [-0.25, -0.2) is 4.98 Å². The van der Waals surface area contributed by atoms with Crippen LogP contribution in [0.4, 0.5) is 5.95 Å². The van der Waals surface area contributed by atoms with Gasteiger partial charge in [0.25, 0.3) is 0 Å². The molecular weight excluding hydrogens is 256 g/mol. The van der Waals surface area contributed by atoms with Gasteiger partial charge >= 0.3 is 0 Å². The quantitative estimate of drug-likeness (QED) is 0.678. The predicted octanol–water partition coefficient (Wildman–Crippen LogP) is 1.34. The van der Waals surface area contributed by atoms with Gasteiger partial charge in [-0.2, -0.15) is 9.97 Å². The Kier molecular flexibility index (Phi) is 3.40. The lowest BCUT2D eigenvalue weighted by atomic mass is 10.1. The van der Waals surface area contributed by atoms with E-state index in [1.165, 1.54) is 5.56 Å². The van der Waals surface area contributed by atoms with Crippen LogP contribution in [0.3, 0.4) is 0 Å². The number of nitrogens with two attached hydrogens (primary N) is 1. The van der Waals surface area contributed by atoms with Crippen molar-refractivity contribution >= 4 is 17.1 Å². The van der Waals surface area contributed by atoms with Crippen LogP contribution in [-0.2, 0) is 6.42 Å². The van der Waals surface area contributed by atoms with Crippen LogP contribution in [0.5, 0.6) is 5.88 Å². The molecule has 0 aromatic carbocycles. The second-order valence-electron chi connectivity index (χ2n) is 4.30. The van der Waals surface area contributed by atoms with Crippen molar-refractivity contribution in [2.24, 2.45) is 0 Å². The second-order valence-corrected chi connectivity index (χ2v) is 4.30. The number of aryl methyl sites for hydroxylation is 1. The summed E-state index contributed by atoms with van der Waals surface area (Å²) in [5, 5.41) is 0. The molecule has 0 bridgehead atoms. The van der Waals surface area contributed by atoms with Crippen molar-refractivity contribution in [1.29, 1.82) is 0 Å². The molecule has 3 rings (SSSR count). The van der Waals surface area contributed by atoms with E-state index in [-0.39, 0.29) is 5.95 Å². The minimum absolute atomic E-state index is 0.161. The minimum atomic E-state index is 0.161. The number of pyridine rings is 1. The highest BCUT2D eigenvalue weighted by Crippen LogP contribution is 2.19. The molecule has 3 N–H and O–H groups in total. The van der Waals surface area contributed by atoms with E-state index in [0.717, 1.165) is 12.8 Å². The number of imidazole rings is 1. The van der Waals surface area contributed by atoms with Crippen LogP contribution in [0.1, 0.15) is 12.0 Å². The fourth-order valence-electron chi connectivity index (χ4n) is 1.92. The standard InChI is InChI=1S/C13H14N6O/c14-13-18-11-10(16-8-17-11)12(19-13)20-7-1-2-9-3-5-15-6-4-9/h3-6,8H,1-2,7H2,(H3,14,16,17,18,19). The number of aromatic amines is 1. The van der Waals surface area contributed by atoms with Crippen molar-refractivity contribution in [3.05, 3.63) is 36.4 Å². The molecule has 3 heterocycles. The molecule has 0 aliphatic heterocycles. The highest BCUT2D eigenvalue weighted by molar-refractivity contribution is 5.76. The highest BCUT2D eigenvalue weighted by Gasteiger charge is 2.09. The number of ether oxygens (including phenoxy) is 1. The maximum absolute atomic E-state index is 5.66. The first-order valence-corrected chi connectivity index (χ1v) is 6.31. The van der Waals surface area contributed by atoms with Crippen molar-refractivity contribution in [3.63, 3.8) is 0 Å². The average Bonchev–Trinajstić information content (AvgIpc) is 2.92. The zero-order chi connectivity index (χ0) is 13.8. The van der Waals surface area contributed by atoms with E-state index in [0.29, 0.717) is 23.7 Å². The van der Waals surface area contributed by atoms with E-state index < -0.39 is 0 Å². The van der Waals surface area contributed by atoms with Gasteiger partial charge < -0.3 is 15.5 Å². The summed E-state index contributed by atoms with van der Waals surface area (Å²) in [5.41, 5.74) is 8.03. The third kappa shape index (κ3) is 2.66.